The number of ether oxygens (including phenoxy) is 1. The number of Topliss-reactive ketones (excluding diaryl/α,β-unsaturated/α-hetero) is 1. The van der Waals surface area contributed by atoms with Crippen LogP contribution in [-0.2, 0) is 18.8 Å². The molecule has 4 nitrogen and oxygen atoms in total. The smallest absolute Gasteiger partial charge is 0.308 e. The molecule has 0 N–H and O–H groups in total. The van der Waals surface area contributed by atoms with Crippen LogP contribution in [0.15, 0.2) is 23.8 Å². The summed E-state index contributed by atoms with van der Waals surface area (Å²) in [6.07, 6.45) is 9.99. The molecule has 3 rings (SSSR count). The van der Waals surface area contributed by atoms with E-state index in [1.165, 1.54) is 5.57 Å². The molecule has 0 radical (unpaired) electrons. The van der Waals surface area contributed by atoms with E-state index in [1.54, 1.807) is 0 Å². The van der Waals surface area contributed by atoms with Crippen molar-refractivity contribution in [1.82, 2.24) is 0 Å². The highest BCUT2D eigenvalue weighted by atomic mass is 28.4. The Morgan fingerprint density at radius 2 is 1.83 bits per heavy atom. The monoisotopic (exact) mass is 432 g/mol. The molecule has 0 saturated carbocycles. The number of carbonyl (C=O) groups excluding carboxylic acids is 2. The van der Waals surface area contributed by atoms with Gasteiger partial charge in [0.1, 0.15) is 11.9 Å². The van der Waals surface area contributed by atoms with Gasteiger partial charge in [-0.2, -0.15) is 0 Å². The molecule has 0 aromatic carbocycles. The Kier molecular flexibility index (Phi) is 6.83. The summed E-state index contributed by atoms with van der Waals surface area (Å²) in [5.41, 5.74) is 1.20. The molecule has 0 aromatic rings. The van der Waals surface area contributed by atoms with Gasteiger partial charge in [0.2, 0.25) is 0 Å². The minimum Gasteiger partial charge on any atom is -0.462 e. The van der Waals surface area contributed by atoms with Crippen LogP contribution >= 0.6 is 0 Å². The van der Waals surface area contributed by atoms with Gasteiger partial charge in [0, 0.05) is 18.8 Å². The summed E-state index contributed by atoms with van der Waals surface area (Å²) < 4.78 is 12.2. The van der Waals surface area contributed by atoms with E-state index < -0.39 is 8.32 Å². The Hall–Kier alpha value is -1.20. The van der Waals surface area contributed by atoms with Gasteiger partial charge in [-0.3, -0.25) is 9.59 Å². The third kappa shape index (κ3) is 5.16. The fourth-order valence-corrected chi connectivity index (χ4v) is 6.35. The number of fused-ring (bicyclic) bond motifs is 1. The lowest BCUT2D eigenvalue weighted by molar-refractivity contribution is -0.160. The molecule has 1 saturated heterocycles. The number of carbonyl (C=O) groups is 2. The molecule has 3 aliphatic rings. The highest BCUT2D eigenvalue weighted by Crippen LogP contribution is 2.43. The second kappa shape index (κ2) is 8.74. The normalized spacial score (nSPS) is 35.0. The highest BCUT2D eigenvalue weighted by Gasteiger charge is 2.42. The van der Waals surface area contributed by atoms with E-state index in [1.807, 2.05) is 0 Å². The van der Waals surface area contributed by atoms with E-state index in [9.17, 15) is 9.59 Å². The van der Waals surface area contributed by atoms with Crippen LogP contribution in [0.1, 0.15) is 66.7 Å². The molecular formula is C25H40O4Si. The summed E-state index contributed by atoms with van der Waals surface area (Å²) in [6, 6.07) is 0. The number of ketones is 1. The zero-order chi connectivity index (χ0) is 22.3. The third-order valence-corrected chi connectivity index (χ3v) is 12.2. The van der Waals surface area contributed by atoms with Gasteiger partial charge in [-0.1, -0.05) is 52.8 Å². The predicted octanol–water partition coefficient (Wildman–Crippen LogP) is 5.84. The first-order chi connectivity index (χ1) is 13.9. The van der Waals surface area contributed by atoms with Crippen molar-refractivity contribution in [2.45, 2.75) is 97.1 Å². The van der Waals surface area contributed by atoms with Gasteiger partial charge >= 0.3 is 5.97 Å². The first-order valence-corrected chi connectivity index (χ1v) is 14.6. The number of esters is 1. The van der Waals surface area contributed by atoms with E-state index in [0.717, 1.165) is 19.3 Å². The standard InChI is InChI=1S/C25H40O4Si/c1-16-12-18-9-8-17(2)21(24(18)22(26)13-16)11-10-19-14-20(15-23(27)28-19)29-30(6,7)25(3,4)5/h8-9,12,16-17,19-21,24H,10-11,13-15H2,1-7H3/t16-,17-,19+,20+,21-,24-/m0/s1. The van der Waals surface area contributed by atoms with Crippen molar-refractivity contribution in [2.75, 3.05) is 0 Å². The van der Waals surface area contributed by atoms with Crippen LogP contribution in [0, 0.1) is 23.7 Å². The first-order valence-electron chi connectivity index (χ1n) is 11.7. The Balaban J connectivity index is 1.65. The average molecular weight is 433 g/mol. The van der Waals surface area contributed by atoms with Crippen molar-refractivity contribution in [2.24, 2.45) is 23.7 Å². The molecule has 1 aliphatic heterocycles. The highest BCUT2D eigenvalue weighted by molar-refractivity contribution is 6.74. The van der Waals surface area contributed by atoms with Gasteiger partial charge in [-0.25, -0.2) is 0 Å². The molecule has 1 fully saturated rings. The molecular weight excluding hydrogens is 392 g/mol. The fourth-order valence-electron chi connectivity index (χ4n) is 4.99. The topological polar surface area (TPSA) is 52.6 Å². The maximum atomic E-state index is 12.8. The molecule has 0 amide bonds. The van der Waals surface area contributed by atoms with Crippen molar-refractivity contribution < 1.29 is 18.8 Å². The van der Waals surface area contributed by atoms with E-state index >= 15 is 0 Å². The average Bonchev–Trinajstić information content (AvgIpc) is 2.59. The van der Waals surface area contributed by atoms with Crippen molar-refractivity contribution in [3.05, 3.63) is 23.8 Å². The molecule has 30 heavy (non-hydrogen) atoms. The summed E-state index contributed by atoms with van der Waals surface area (Å²) in [6.45, 7) is 15.5. The molecule has 1 heterocycles. The quantitative estimate of drug-likeness (QED) is 0.405. The second-order valence-electron chi connectivity index (χ2n) is 11.3. The summed E-state index contributed by atoms with van der Waals surface area (Å²) >= 11 is 0. The van der Waals surface area contributed by atoms with Crippen LogP contribution in [0.5, 0.6) is 0 Å². The predicted molar refractivity (Wildman–Crippen MR) is 123 cm³/mol. The minimum atomic E-state index is -1.93. The number of hydrogen-bond acceptors (Lipinski definition) is 4. The van der Waals surface area contributed by atoms with Gasteiger partial charge in [-0.15, -0.1) is 0 Å². The van der Waals surface area contributed by atoms with Crippen molar-refractivity contribution >= 4 is 20.1 Å². The third-order valence-electron chi connectivity index (χ3n) is 7.71. The van der Waals surface area contributed by atoms with Crippen LogP contribution in [-0.4, -0.2) is 32.3 Å². The molecule has 6 atom stereocenters. The van der Waals surface area contributed by atoms with Crippen LogP contribution in [0.25, 0.3) is 0 Å². The number of cyclic esters (lactones) is 1. The van der Waals surface area contributed by atoms with Crippen LogP contribution in [0.3, 0.4) is 0 Å². The molecule has 5 heteroatoms. The lowest BCUT2D eigenvalue weighted by atomic mass is 9.66. The maximum Gasteiger partial charge on any atom is 0.308 e. The van der Waals surface area contributed by atoms with Gasteiger partial charge in [0.15, 0.2) is 8.32 Å². The maximum absolute atomic E-state index is 12.8. The number of hydrogen-bond donors (Lipinski definition) is 0. The zero-order valence-electron chi connectivity index (χ0n) is 19.9. The van der Waals surface area contributed by atoms with Crippen molar-refractivity contribution in [1.29, 1.82) is 0 Å². The Morgan fingerprint density at radius 1 is 1.13 bits per heavy atom. The van der Waals surface area contributed by atoms with E-state index in [0.29, 0.717) is 36.4 Å². The van der Waals surface area contributed by atoms with Gasteiger partial charge in [0.05, 0.1) is 12.5 Å². The lowest BCUT2D eigenvalue weighted by Gasteiger charge is -2.41. The molecule has 0 unspecified atom stereocenters. The zero-order valence-corrected chi connectivity index (χ0v) is 20.9. The largest absolute Gasteiger partial charge is 0.462 e. The molecule has 2 aliphatic carbocycles. The van der Waals surface area contributed by atoms with E-state index in [4.69, 9.17) is 9.16 Å². The molecule has 0 aromatic heterocycles. The van der Waals surface area contributed by atoms with E-state index in [2.05, 4.69) is 65.9 Å². The first kappa shape index (κ1) is 23.5. The van der Waals surface area contributed by atoms with Crippen LogP contribution in [0.2, 0.25) is 18.1 Å². The molecule has 0 bridgehead atoms. The summed E-state index contributed by atoms with van der Waals surface area (Å²) in [5.74, 6) is 1.23. The van der Waals surface area contributed by atoms with Crippen molar-refractivity contribution in [3.8, 4) is 0 Å². The molecule has 0 spiro atoms. The summed E-state index contributed by atoms with van der Waals surface area (Å²) in [4.78, 5) is 25.1. The summed E-state index contributed by atoms with van der Waals surface area (Å²) in [5, 5.41) is 0.120. The SMILES string of the molecule is C[C@H]1C=C2C=C[C@H](C)[C@H](CC[C@@H]3C[C@@H](O[Si](C)(C)C(C)(C)C)CC(=O)O3)[C@H]2C(=O)C1. The van der Waals surface area contributed by atoms with Gasteiger partial charge in [0.25, 0.3) is 0 Å². The van der Waals surface area contributed by atoms with Crippen LogP contribution in [0.4, 0.5) is 0 Å². The lowest BCUT2D eigenvalue weighted by Crippen LogP contribution is -2.47. The molecule has 168 valence electrons. The minimum absolute atomic E-state index is 0.0137. The summed E-state index contributed by atoms with van der Waals surface area (Å²) in [7, 11) is -1.93. The number of rotatable bonds is 5. The Morgan fingerprint density at radius 3 is 2.50 bits per heavy atom. The Bertz CT molecular complexity index is 730. The second-order valence-corrected chi connectivity index (χ2v) is 16.1. The fraction of sp³-hybridized carbons (Fsp3) is 0.760. The van der Waals surface area contributed by atoms with E-state index in [-0.39, 0.29) is 29.1 Å². The number of allylic oxidation sites excluding steroid dienone is 4. The van der Waals surface area contributed by atoms with Crippen LogP contribution < -0.4 is 0 Å². The van der Waals surface area contributed by atoms with Gasteiger partial charge < -0.3 is 9.16 Å². The Labute approximate surface area is 183 Å². The van der Waals surface area contributed by atoms with Gasteiger partial charge in [-0.05, 0) is 54.3 Å². The van der Waals surface area contributed by atoms with Crippen molar-refractivity contribution in [3.63, 3.8) is 0 Å².